The van der Waals surface area contributed by atoms with Crippen LogP contribution >= 0.6 is 11.6 Å². The zero-order valence-electron chi connectivity index (χ0n) is 10.4. The number of aliphatic hydroxyl groups excluding tert-OH is 1. The largest absolute Gasteiger partial charge is 0.391 e. The van der Waals surface area contributed by atoms with E-state index >= 15 is 0 Å². The summed E-state index contributed by atoms with van der Waals surface area (Å²) in [7, 11) is -3.43. The van der Waals surface area contributed by atoms with E-state index in [-0.39, 0.29) is 6.42 Å². The van der Waals surface area contributed by atoms with Gasteiger partial charge >= 0.3 is 0 Å². The maximum absolute atomic E-state index is 13.1. The Kier molecular flexibility index (Phi) is 4.41. The van der Waals surface area contributed by atoms with Crippen molar-refractivity contribution < 1.29 is 17.9 Å². The van der Waals surface area contributed by atoms with Crippen LogP contribution in [0.25, 0.3) is 0 Å². The zero-order valence-corrected chi connectivity index (χ0v) is 12.0. The van der Waals surface area contributed by atoms with E-state index in [9.17, 15) is 17.9 Å². The lowest BCUT2D eigenvalue weighted by Gasteiger charge is -2.28. The van der Waals surface area contributed by atoms with E-state index in [1.165, 1.54) is 32.0 Å². The van der Waals surface area contributed by atoms with Crippen LogP contribution in [-0.4, -0.2) is 30.6 Å². The minimum atomic E-state index is -3.43. The SMILES string of the molecule is CC(C)(C(O)Cc1cc(F)ccc1Cl)S(C)(=O)=O. The van der Waals surface area contributed by atoms with Crippen LogP contribution in [0.4, 0.5) is 4.39 Å². The molecule has 1 unspecified atom stereocenters. The molecule has 0 aromatic heterocycles. The first-order valence-electron chi connectivity index (χ1n) is 5.37. The highest BCUT2D eigenvalue weighted by molar-refractivity contribution is 7.92. The molecule has 0 aliphatic carbocycles. The molecule has 1 atom stereocenters. The number of sulfone groups is 1. The average Bonchev–Trinajstić information content (AvgIpc) is 2.21. The van der Waals surface area contributed by atoms with Gasteiger partial charge in [0.05, 0.1) is 10.9 Å². The Morgan fingerprint density at radius 2 is 2.00 bits per heavy atom. The van der Waals surface area contributed by atoms with Crippen LogP contribution in [0.2, 0.25) is 5.02 Å². The molecule has 6 heteroatoms. The summed E-state index contributed by atoms with van der Waals surface area (Å²) in [4.78, 5) is 0. The second kappa shape index (κ2) is 5.15. The molecule has 1 rings (SSSR count). The lowest BCUT2D eigenvalue weighted by atomic mass is 9.98. The molecule has 102 valence electrons. The van der Waals surface area contributed by atoms with Gasteiger partial charge in [-0.05, 0) is 37.6 Å². The van der Waals surface area contributed by atoms with Gasteiger partial charge in [-0.1, -0.05) is 11.6 Å². The van der Waals surface area contributed by atoms with Gasteiger partial charge in [0.25, 0.3) is 0 Å². The van der Waals surface area contributed by atoms with Gasteiger partial charge in [0.2, 0.25) is 0 Å². The third-order valence-corrected chi connectivity index (χ3v) is 5.73. The fourth-order valence-electron chi connectivity index (χ4n) is 1.40. The fourth-order valence-corrected chi connectivity index (χ4v) is 2.17. The maximum atomic E-state index is 13.1. The number of aliphatic hydroxyl groups is 1. The fraction of sp³-hybridized carbons (Fsp3) is 0.500. The lowest BCUT2D eigenvalue weighted by molar-refractivity contribution is 0.138. The molecule has 1 aromatic carbocycles. The minimum absolute atomic E-state index is 0.0172. The third-order valence-electron chi connectivity index (χ3n) is 3.18. The lowest BCUT2D eigenvalue weighted by Crippen LogP contribution is -2.44. The molecular formula is C12H16ClFO3S. The Balaban J connectivity index is 3.02. The van der Waals surface area contributed by atoms with Crippen LogP contribution < -0.4 is 0 Å². The van der Waals surface area contributed by atoms with E-state index in [4.69, 9.17) is 11.6 Å². The molecule has 0 saturated carbocycles. The van der Waals surface area contributed by atoms with Crippen molar-refractivity contribution in [3.05, 3.63) is 34.6 Å². The first kappa shape index (κ1) is 15.4. The number of halogens is 2. The van der Waals surface area contributed by atoms with Gasteiger partial charge < -0.3 is 5.11 Å². The van der Waals surface area contributed by atoms with Gasteiger partial charge in [0.15, 0.2) is 9.84 Å². The van der Waals surface area contributed by atoms with Crippen molar-refractivity contribution in [2.45, 2.75) is 31.1 Å². The molecule has 3 nitrogen and oxygen atoms in total. The van der Waals surface area contributed by atoms with Crippen molar-refractivity contribution in [1.82, 2.24) is 0 Å². The highest BCUT2D eigenvalue weighted by Crippen LogP contribution is 2.26. The van der Waals surface area contributed by atoms with Crippen molar-refractivity contribution in [2.75, 3.05) is 6.26 Å². The van der Waals surface area contributed by atoms with Crippen LogP contribution in [-0.2, 0) is 16.3 Å². The molecule has 0 saturated heterocycles. The summed E-state index contributed by atoms with van der Waals surface area (Å²) in [5, 5.41) is 10.3. The summed E-state index contributed by atoms with van der Waals surface area (Å²) < 4.78 is 34.9. The van der Waals surface area contributed by atoms with Gasteiger partial charge in [0, 0.05) is 17.7 Å². The number of hydrogen-bond donors (Lipinski definition) is 1. The van der Waals surface area contributed by atoms with E-state index in [0.29, 0.717) is 10.6 Å². The van der Waals surface area contributed by atoms with Crippen LogP contribution in [0.3, 0.4) is 0 Å². The van der Waals surface area contributed by atoms with Crippen LogP contribution in [0.5, 0.6) is 0 Å². The predicted molar refractivity (Wildman–Crippen MR) is 70.0 cm³/mol. The molecule has 0 amide bonds. The van der Waals surface area contributed by atoms with E-state index < -0.39 is 26.5 Å². The summed E-state index contributed by atoms with van der Waals surface area (Å²) in [5.41, 5.74) is 0.390. The summed E-state index contributed by atoms with van der Waals surface area (Å²) in [5.74, 6) is -0.473. The second-order valence-corrected chi connectivity index (χ2v) is 7.83. The van der Waals surface area contributed by atoms with E-state index in [1.54, 1.807) is 0 Å². The summed E-state index contributed by atoms with van der Waals surface area (Å²) >= 11 is 5.88. The first-order valence-corrected chi connectivity index (χ1v) is 7.64. The quantitative estimate of drug-likeness (QED) is 0.926. The highest BCUT2D eigenvalue weighted by atomic mass is 35.5. The van der Waals surface area contributed by atoms with Gasteiger partial charge in [-0.2, -0.15) is 0 Å². The number of rotatable bonds is 4. The van der Waals surface area contributed by atoms with E-state index in [1.807, 2.05) is 0 Å². The molecule has 0 fully saturated rings. The monoisotopic (exact) mass is 294 g/mol. The van der Waals surface area contributed by atoms with Crippen LogP contribution in [0.15, 0.2) is 18.2 Å². The van der Waals surface area contributed by atoms with Crippen molar-refractivity contribution in [3.8, 4) is 0 Å². The maximum Gasteiger partial charge on any atom is 0.155 e. The first-order chi connectivity index (χ1) is 8.05. The molecule has 0 aliphatic rings. The Morgan fingerprint density at radius 1 is 1.44 bits per heavy atom. The smallest absolute Gasteiger partial charge is 0.155 e. The van der Waals surface area contributed by atoms with Crippen LogP contribution in [0, 0.1) is 5.82 Å². The highest BCUT2D eigenvalue weighted by Gasteiger charge is 2.38. The standard InChI is InChI=1S/C12H16ClFO3S/c1-12(2,18(3,16)17)11(15)7-8-6-9(14)4-5-10(8)13/h4-6,11,15H,7H2,1-3H3. The molecule has 1 aromatic rings. The molecule has 18 heavy (non-hydrogen) atoms. The summed E-state index contributed by atoms with van der Waals surface area (Å²) in [6.07, 6.45) is -0.119. The Hall–Kier alpha value is -0.650. The van der Waals surface area contributed by atoms with Crippen molar-refractivity contribution in [2.24, 2.45) is 0 Å². The molecule has 0 aliphatic heterocycles. The van der Waals surface area contributed by atoms with Gasteiger partial charge in [-0.3, -0.25) is 0 Å². The van der Waals surface area contributed by atoms with Gasteiger partial charge in [-0.25, -0.2) is 12.8 Å². The molecule has 0 heterocycles. The number of hydrogen-bond acceptors (Lipinski definition) is 3. The van der Waals surface area contributed by atoms with E-state index in [2.05, 4.69) is 0 Å². The van der Waals surface area contributed by atoms with Crippen molar-refractivity contribution in [3.63, 3.8) is 0 Å². The molecule has 1 N–H and O–H groups in total. The van der Waals surface area contributed by atoms with Crippen molar-refractivity contribution in [1.29, 1.82) is 0 Å². The molecule has 0 bridgehead atoms. The van der Waals surface area contributed by atoms with Crippen LogP contribution in [0.1, 0.15) is 19.4 Å². The molecular weight excluding hydrogens is 279 g/mol. The number of benzene rings is 1. The van der Waals surface area contributed by atoms with Crippen molar-refractivity contribution >= 4 is 21.4 Å². The molecule has 0 spiro atoms. The van der Waals surface area contributed by atoms with E-state index in [0.717, 1.165) is 6.26 Å². The Bertz CT molecular complexity index is 540. The normalized spacial score (nSPS) is 14.6. The minimum Gasteiger partial charge on any atom is -0.391 e. The second-order valence-electron chi connectivity index (χ2n) is 4.83. The van der Waals surface area contributed by atoms with Gasteiger partial charge in [0.1, 0.15) is 5.82 Å². The zero-order chi connectivity index (χ0) is 14.1. The topological polar surface area (TPSA) is 54.4 Å². The third kappa shape index (κ3) is 3.22. The van der Waals surface area contributed by atoms with Gasteiger partial charge in [-0.15, -0.1) is 0 Å². The Labute approximate surface area is 112 Å². The average molecular weight is 295 g/mol. The summed E-state index contributed by atoms with van der Waals surface area (Å²) in [6, 6.07) is 3.79. The predicted octanol–water partition coefficient (Wildman–Crippen LogP) is 2.21. The summed E-state index contributed by atoms with van der Waals surface area (Å²) in [6.45, 7) is 2.86. The Morgan fingerprint density at radius 3 is 2.50 bits per heavy atom. The molecule has 0 radical (unpaired) electrons.